The molecule has 4 nitrogen and oxygen atoms in total. The molecule has 0 spiro atoms. The van der Waals surface area contributed by atoms with Crippen LogP contribution in [0, 0.1) is 5.92 Å². The van der Waals surface area contributed by atoms with Crippen molar-refractivity contribution in [3.8, 4) is 0 Å². The highest BCUT2D eigenvalue weighted by Gasteiger charge is 2.34. The Hall–Kier alpha value is 0.260. The third-order valence-electron chi connectivity index (χ3n) is 2.31. The minimum atomic E-state index is -0.555. The minimum Gasteiger partial charge on any atom is -0.393 e. The van der Waals surface area contributed by atoms with Crippen molar-refractivity contribution in [2.45, 2.75) is 6.17 Å². The molecule has 0 radical (unpaired) electrons. The van der Waals surface area contributed by atoms with Gasteiger partial charge in [-0.15, -0.1) is 25.3 Å². The van der Waals surface area contributed by atoms with Gasteiger partial charge >= 0.3 is 0 Å². The predicted octanol–water partition coefficient (Wildman–Crippen LogP) is 0.794. The highest BCUT2D eigenvalue weighted by Crippen LogP contribution is 2.18. The zero-order valence-corrected chi connectivity index (χ0v) is 14.8. The van der Waals surface area contributed by atoms with Crippen LogP contribution in [-0.2, 0) is 0 Å². The van der Waals surface area contributed by atoms with Gasteiger partial charge in [0.25, 0.3) is 0 Å². The highest BCUT2D eigenvalue weighted by molar-refractivity contribution is 8.11. The molecular weight excluding hydrogens is 345 g/mol. The second-order valence-electron chi connectivity index (χ2n) is 3.48. The maximum atomic E-state index is 5.69. The van der Waals surface area contributed by atoms with Crippen molar-refractivity contribution in [3.63, 3.8) is 0 Å². The third kappa shape index (κ3) is 4.74. The molecule has 0 atom stereocenters. The molecule has 18 heavy (non-hydrogen) atoms. The molecule has 0 aromatic rings. The zero-order valence-electron chi connectivity index (χ0n) is 9.73. The molecule has 0 bridgehead atoms. The van der Waals surface area contributed by atoms with E-state index in [1.807, 2.05) is 0 Å². The van der Waals surface area contributed by atoms with Gasteiger partial charge in [-0.2, -0.15) is 0 Å². The Morgan fingerprint density at radius 3 is 1.33 bits per heavy atom. The normalized spacial score (nSPS) is 10.3. The first kappa shape index (κ1) is 18.3. The number of nitrogens with two attached hydrogens (primary N) is 2. The van der Waals surface area contributed by atoms with Gasteiger partial charge in [0, 0.05) is 14.1 Å². The van der Waals surface area contributed by atoms with Crippen molar-refractivity contribution >= 4 is 92.7 Å². The number of rotatable bonds is 5. The molecule has 0 amide bonds. The summed E-state index contributed by atoms with van der Waals surface area (Å²) >= 11 is 28.3. The number of nitrogens with zero attached hydrogens (tertiary/aromatic N) is 2. The van der Waals surface area contributed by atoms with E-state index in [0.29, 0.717) is 8.64 Å². The fourth-order valence-electron chi connectivity index (χ4n) is 1.37. The van der Waals surface area contributed by atoms with E-state index < -0.39 is 12.1 Å². The summed E-state index contributed by atoms with van der Waals surface area (Å²) in [7, 11) is 3.46. The molecule has 0 rings (SSSR count). The zero-order chi connectivity index (χ0) is 14.6. The fourth-order valence-corrected chi connectivity index (χ4v) is 2.39. The van der Waals surface area contributed by atoms with Crippen LogP contribution in [0.15, 0.2) is 0 Å². The van der Waals surface area contributed by atoms with Gasteiger partial charge in [0.2, 0.25) is 0 Å². The molecule has 0 aromatic heterocycles. The van der Waals surface area contributed by atoms with Gasteiger partial charge in [-0.05, 0) is 0 Å². The summed E-state index contributed by atoms with van der Waals surface area (Å²) in [6, 6.07) is 0. The molecule has 0 aromatic carbocycles. The number of hydrogen-bond acceptors (Lipinski definition) is 4. The molecule has 0 aliphatic carbocycles. The van der Waals surface area contributed by atoms with Crippen LogP contribution in [0.3, 0.4) is 0 Å². The first-order valence-corrected chi connectivity index (χ1v) is 7.14. The van der Waals surface area contributed by atoms with E-state index >= 15 is 0 Å². The Kier molecular flexibility index (Phi) is 7.87. The lowest BCUT2D eigenvalue weighted by Crippen LogP contribution is -2.57. The third-order valence-corrected chi connectivity index (χ3v) is 4.02. The lowest BCUT2D eigenvalue weighted by atomic mass is 10.0. The molecular formula is C8H14N4S6. The topological polar surface area (TPSA) is 58.5 Å². The number of thiol groups is 2. The Balaban J connectivity index is 5.57. The van der Waals surface area contributed by atoms with E-state index in [1.54, 1.807) is 23.9 Å². The van der Waals surface area contributed by atoms with Gasteiger partial charge in [0.05, 0.1) is 15.9 Å². The molecule has 0 saturated carbocycles. The van der Waals surface area contributed by atoms with Crippen LogP contribution in [0.25, 0.3) is 0 Å². The molecule has 0 unspecified atom stereocenters. The van der Waals surface area contributed by atoms with Gasteiger partial charge in [0.1, 0.15) is 14.8 Å². The molecule has 0 aliphatic rings. The van der Waals surface area contributed by atoms with Crippen LogP contribution < -0.4 is 11.5 Å². The molecule has 0 saturated heterocycles. The van der Waals surface area contributed by atoms with Crippen LogP contribution >= 0.6 is 74.1 Å². The van der Waals surface area contributed by atoms with Gasteiger partial charge < -0.3 is 21.3 Å². The van der Waals surface area contributed by atoms with Crippen LogP contribution in [-0.4, -0.2) is 48.7 Å². The predicted molar refractivity (Wildman–Crippen MR) is 99.5 cm³/mol. The quantitative estimate of drug-likeness (QED) is 0.327. The van der Waals surface area contributed by atoms with Crippen LogP contribution in [0.5, 0.6) is 0 Å². The largest absolute Gasteiger partial charge is 0.393 e. The van der Waals surface area contributed by atoms with Crippen LogP contribution in [0.2, 0.25) is 0 Å². The van der Waals surface area contributed by atoms with E-state index in [1.165, 1.54) is 0 Å². The first-order valence-electron chi connectivity index (χ1n) is 4.61. The summed E-state index contributed by atoms with van der Waals surface area (Å²) in [5.41, 5.74) is 11.4. The molecule has 10 heteroatoms. The summed E-state index contributed by atoms with van der Waals surface area (Å²) in [6.45, 7) is 0. The monoisotopic (exact) mass is 358 g/mol. The lowest BCUT2D eigenvalue weighted by Gasteiger charge is -2.40. The van der Waals surface area contributed by atoms with Gasteiger partial charge in [0.15, 0.2) is 0 Å². The Bertz CT molecular complexity index is 350. The van der Waals surface area contributed by atoms with E-state index in [0.717, 1.165) is 0 Å². The Morgan fingerprint density at radius 2 is 1.17 bits per heavy atom. The highest BCUT2D eigenvalue weighted by atomic mass is 32.1. The molecule has 0 fully saturated rings. The molecule has 0 aliphatic heterocycles. The summed E-state index contributed by atoms with van der Waals surface area (Å²) in [6.07, 6.45) is -0.449. The number of hydrogen-bond donors (Lipinski definition) is 4. The van der Waals surface area contributed by atoms with Crippen molar-refractivity contribution in [2.75, 3.05) is 14.1 Å². The standard InChI is InChI=1S/C8H14N4S6/c1-11(7(15)16)6(12(2)8(17)18)3(4(9)13)5(10)14/h3,6H,1-2H3,(H2,9,13)(H2,10,14)(H,15,16)(H,17,18). The Labute approximate surface area is 139 Å². The van der Waals surface area contributed by atoms with Crippen LogP contribution in [0.4, 0.5) is 0 Å². The average molecular weight is 359 g/mol. The van der Waals surface area contributed by atoms with Gasteiger partial charge in [-0.3, -0.25) is 0 Å². The van der Waals surface area contributed by atoms with Crippen molar-refractivity contribution < 1.29 is 0 Å². The van der Waals surface area contributed by atoms with E-state index in [-0.39, 0.29) is 9.98 Å². The summed E-state index contributed by atoms with van der Waals surface area (Å²) < 4.78 is 0.683. The summed E-state index contributed by atoms with van der Waals surface area (Å²) in [4.78, 5) is 3.65. The summed E-state index contributed by atoms with van der Waals surface area (Å²) in [5, 5.41) is 0. The van der Waals surface area contributed by atoms with Crippen molar-refractivity contribution in [2.24, 2.45) is 17.4 Å². The average Bonchev–Trinajstić information content (AvgIpc) is 2.22. The fraction of sp³-hybridized carbons (Fsp3) is 0.500. The lowest BCUT2D eigenvalue weighted by molar-refractivity contribution is 0.207. The molecule has 0 heterocycles. The second kappa shape index (κ2) is 7.75. The molecule has 4 N–H and O–H groups in total. The van der Waals surface area contributed by atoms with E-state index in [4.69, 9.17) is 60.3 Å². The minimum absolute atomic E-state index is 0.167. The maximum Gasteiger partial charge on any atom is 0.134 e. The Morgan fingerprint density at radius 1 is 0.889 bits per heavy atom. The summed E-state index contributed by atoms with van der Waals surface area (Å²) in [5.74, 6) is -0.555. The first-order chi connectivity index (χ1) is 8.11. The van der Waals surface area contributed by atoms with Crippen molar-refractivity contribution in [3.05, 3.63) is 0 Å². The van der Waals surface area contributed by atoms with E-state index in [9.17, 15) is 0 Å². The van der Waals surface area contributed by atoms with Gasteiger partial charge in [-0.25, -0.2) is 0 Å². The van der Waals surface area contributed by atoms with Crippen LogP contribution in [0.1, 0.15) is 0 Å². The SMILES string of the molecule is CN(C(=S)S)C(C(C(N)=S)C(N)=S)N(C)C(=S)S. The smallest absolute Gasteiger partial charge is 0.134 e. The molecule has 102 valence electrons. The van der Waals surface area contributed by atoms with Crippen molar-refractivity contribution in [1.29, 1.82) is 0 Å². The maximum absolute atomic E-state index is 5.69. The number of thiocarbonyl (C=S) groups is 4. The van der Waals surface area contributed by atoms with E-state index in [2.05, 4.69) is 25.3 Å². The second-order valence-corrected chi connectivity index (χ2v) is 6.65. The van der Waals surface area contributed by atoms with Gasteiger partial charge in [-0.1, -0.05) is 48.9 Å². The van der Waals surface area contributed by atoms with Crippen molar-refractivity contribution in [1.82, 2.24) is 9.80 Å².